The highest BCUT2D eigenvalue weighted by atomic mass is 35.5. The number of nitro benzene ring substituents is 1. The number of nitrogens with one attached hydrogen (secondary N) is 2. The van der Waals surface area contributed by atoms with E-state index in [1.807, 2.05) is 0 Å². The fourth-order valence-electron chi connectivity index (χ4n) is 2.03. The Morgan fingerprint density at radius 2 is 2.08 bits per heavy atom. The lowest BCUT2D eigenvalue weighted by Gasteiger charge is -2.09. The van der Waals surface area contributed by atoms with Gasteiger partial charge in [-0.1, -0.05) is 17.7 Å². The molecule has 1 amide bonds. The smallest absolute Gasteiger partial charge is 0.293 e. The van der Waals surface area contributed by atoms with E-state index in [1.165, 1.54) is 18.2 Å². The van der Waals surface area contributed by atoms with Crippen molar-refractivity contribution in [1.82, 2.24) is 0 Å². The number of rotatable bonds is 7. The third kappa shape index (κ3) is 4.68. The van der Waals surface area contributed by atoms with Gasteiger partial charge in [0, 0.05) is 36.0 Å². The summed E-state index contributed by atoms with van der Waals surface area (Å²) >= 11 is 5.86. The largest absolute Gasteiger partial charge is 0.383 e. The molecule has 2 rings (SSSR count). The van der Waals surface area contributed by atoms with E-state index in [0.717, 1.165) is 0 Å². The van der Waals surface area contributed by atoms with Crippen LogP contribution in [0.2, 0.25) is 5.02 Å². The Bertz CT molecular complexity index is 752. The number of nitrogens with zero attached hydrogens (tertiary/aromatic N) is 1. The van der Waals surface area contributed by atoms with Crippen LogP contribution in [0.1, 0.15) is 10.4 Å². The van der Waals surface area contributed by atoms with Crippen molar-refractivity contribution in [3.63, 3.8) is 0 Å². The van der Waals surface area contributed by atoms with Gasteiger partial charge in [-0.15, -0.1) is 0 Å². The SMILES string of the molecule is COCCNc1ccc(C(=O)Nc2cccc(Cl)c2)cc1[N+](=O)[O-]. The zero-order valence-electron chi connectivity index (χ0n) is 12.9. The third-order valence-electron chi connectivity index (χ3n) is 3.16. The van der Waals surface area contributed by atoms with E-state index in [0.29, 0.717) is 29.5 Å². The Balaban J connectivity index is 2.19. The lowest BCUT2D eigenvalue weighted by molar-refractivity contribution is -0.384. The number of amides is 1. The molecule has 126 valence electrons. The number of halogens is 1. The van der Waals surface area contributed by atoms with Crippen LogP contribution in [-0.2, 0) is 4.74 Å². The summed E-state index contributed by atoms with van der Waals surface area (Å²) in [6.45, 7) is 0.833. The first-order valence-corrected chi connectivity index (χ1v) is 7.47. The molecule has 0 radical (unpaired) electrons. The molecule has 0 aliphatic rings. The third-order valence-corrected chi connectivity index (χ3v) is 3.40. The van der Waals surface area contributed by atoms with Crippen LogP contribution in [0.3, 0.4) is 0 Å². The molecule has 0 heterocycles. The number of methoxy groups -OCH3 is 1. The molecule has 2 aromatic rings. The average molecular weight is 350 g/mol. The van der Waals surface area contributed by atoms with E-state index in [1.54, 1.807) is 31.4 Å². The molecule has 0 unspecified atom stereocenters. The van der Waals surface area contributed by atoms with Crippen LogP contribution >= 0.6 is 11.6 Å². The number of benzene rings is 2. The average Bonchev–Trinajstić information content (AvgIpc) is 2.55. The summed E-state index contributed by atoms with van der Waals surface area (Å²) in [5.74, 6) is -0.455. The van der Waals surface area contributed by atoms with Gasteiger partial charge in [-0.2, -0.15) is 0 Å². The summed E-state index contributed by atoms with van der Waals surface area (Å²) in [7, 11) is 1.54. The number of ether oxygens (including phenoxy) is 1. The van der Waals surface area contributed by atoms with E-state index in [2.05, 4.69) is 10.6 Å². The molecule has 8 heteroatoms. The monoisotopic (exact) mass is 349 g/mol. The van der Waals surface area contributed by atoms with Crippen molar-refractivity contribution in [1.29, 1.82) is 0 Å². The highest BCUT2D eigenvalue weighted by Gasteiger charge is 2.17. The predicted octanol–water partition coefficient (Wildman–Crippen LogP) is 3.56. The Morgan fingerprint density at radius 3 is 2.75 bits per heavy atom. The summed E-state index contributed by atoms with van der Waals surface area (Å²) in [5, 5.41) is 17.3. The predicted molar refractivity (Wildman–Crippen MR) is 92.9 cm³/mol. The zero-order chi connectivity index (χ0) is 17.5. The first-order chi connectivity index (χ1) is 11.5. The van der Waals surface area contributed by atoms with Gasteiger partial charge < -0.3 is 15.4 Å². The van der Waals surface area contributed by atoms with Crippen LogP contribution in [0.4, 0.5) is 17.1 Å². The van der Waals surface area contributed by atoms with Crippen molar-refractivity contribution in [3.05, 3.63) is 63.2 Å². The molecule has 24 heavy (non-hydrogen) atoms. The topological polar surface area (TPSA) is 93.5 Å². The van der Waals surface area contributed by atoms with E-state index in [9.17, 15) is 14.9 Å². The maximum Gasteiger partial charge on any atom is 0.293 e. The van der Waals surface area contributed by atoms with Crippen LogP contribution in [0.5, 0.6) is 0 Å². The highest BCUT2D eigenvalue weighted by Crippen LogP contribution is 2.26. The Kier molecular flexibility index (Phi) is 6.11. The molecule has 0 saturated heterocycles. The van der Waals surface area contributed by atoms with E-state index >= 15 is 0 Å². The Labute approximate surface area is 143 Å². The summed E-state index contributed by atoms with van der Waals surface area (Å²) in [4.78, 5) is 22.9. The molecule has 0 aliphatic heterocycles. The van der Waals surface area contributed by atoms with Crippen LogP contribution in [-0.4, -0.2) is 31.1 Å². The van der Waals surface area contributed by atoms with Gasteiger partial charge in [0.05, 0.1) is 11.5 Å². The minimum absolute atomic E-state index is 0.176. The number of nitro groups is 1. The maximum absolute atomic E-state index is 12.3. The molecular weight excluding hydrogens is 334 g/mol. The first kappa shape index (κ1) is 17.7. The van der Waals surface area contributed by atoms with E-state index in [-0.39, 0.29) is 11.3 Å². The molecule has 7 nitrogen and oxygen atoms in total. The molecule has 0 bridgehead atoms. The first-order valence-electron chi connectivity index (χ1n) is 7.09. The second-order valence-corrected chi connectivity index (χ2v) is 5.31. The van der Waals surface area contributed by atoms with Gasteiger partial charge >= 0.3 is 0 Å². The number of hydrogen-bond donors (Lipinski definition) is 2. The van der Waals surface area contributed by atoms with Crippen LogP contribution in [0.15, 0.2) is 42.5 Å². The zero-order valence-corrected chi connectivity index (χ0v) is 13.7. The summed E-state index contributed by atoms with van der Waals surface area (Å²) in [6.07, 6.45) is 0. The van der Waals surface area contributed by atoms with Crippen molar-refractivity contribution in [2.75, 3.05) is 30.9 Å². The number of hydrogen-bond acceptors (Lipinski definition) is 5. The quantitative estimate of drug-likeness (QED) is 0.453. The van der Waals surface area contributed by atoms with E-state index in [4.69, 9.17) is 16.3 Å². The summed E-state index contributed by atoms with van der Waals surface area (Å²) < 4.78 is 4.89. The standard InChI is InChI=1S/C16H16ClN3O4/c1-24-8-7-18-14-6-5-11(9-15(14)20(22)23)16(21)19-13-4-2-3-12(17)10-13/h2-6,9-10,18H,7-8H2,1H3,(H,19,21). The van der Waals surface area contributed by atoms with Gasteiger partial charge in [-0.25, -0.2) is 0 Å². The number of anilines is 2. The highest BCUT2D eigenvalue weighted by molar-refractivity contribution is 6.31. The minimum Gasteiger partial charge on any atom is -0.383 e. The fourth-order valence-corrected chi connectivity index (χ4v) is 2.22. The van der Waals surface area contributed by atoms with Gasteiger partial charge in [0.25, 0.3) is 11.6 Å². The molecule has 0 saturated carbocycles. The molecule has 2 aromatic carbocycles. The second-order valence-electron chi connectivity index (χ2n) is 4.87. The van der Waals surface area contributed by atoms with Crippen LogP contribution in [0.25, 0.3) is 0 Å². The minimum atomic E-state index is -0.536. The molecule has 0 fully saturated rings. The molecular formula is C16H16ClN3O4. The number of carbonyl (C=O) groups excluding carboxylic acids is 1. The molecule has 0 aliphatic carbocycles. The molecule has 0 aromatic heterocycles. The lowest BCUT2D eigenvalue weighted by Crippen LogP contribution is -2.13. The number of carbonyl (C=O) groups is 1. The molecule has 2 N–H and O–H groups in total. The Morgan fingerprint density at radius 1 is 1.29 bits per heavy atom. The van der Waals surface area contributed by atoms with Crippen LogP contribution < -0.4 is 10.6 Å². The molecule has 0 spiro atoms. The van der Waals surface area contributed by atoms with Crippen molar-refractivity contribution < 1.29 is 14.5 Å². The summed E-state index contributed by atoms with van der Waals surface area (Å²) in [6, 6.07) is 10.9. The van der Waals surface area contributed by atoms with Gasteiger partial charge in [0.15, 0.2) is 0 Å². The fraction of sp³-hybridized carbons (Fsp3) is 0.188. The van der Waals surface area contributed by atoms with Gasteiger partial charge in [-0.3, -0.25) is 14.9 Å². The van der Waals surface area contributed by atoms with Crippen molar-refractivity contribution in [3.8, 4) is 0 Å². The van der Waals surface area contributed by atoms with Crippen LogP contribution in [0, 0.1) is 10.1 Å². The van der Waals surface area contributed by atoms with Crippen molar-refractivity contribution >= 4 is 34.6 Å². The van der Waals surface area contributed by atoms with E-state index < -0.39 is 10.8 Å². The summed E-state index contributed by atoms with van der Waals surface area (Å²) in [5.41, 5.74) is 0.845. The Hall–Kier alpha value is -2.64. The van der Waals surface area contributed by atoms with Crippen molar-refractivity contribution in [2.24, 2.45) is 0 Å². The van der Waals surface area contributed by atoms with Gasteiger partial charge in [0.2, 0.25) is 0 Å². The normalized spacial score (nSPS) is 10.2. The van der Waals surface area contributed by atoms with Gasteiger partial charge in [0.1, 0.15) is 5.69 Å². The second kappa shape index (κ2) is 8.28. The van der Waals surface area contributed by atoms with Crippen molar-refractivity contribution in [2.45, 2.75) is 0 Å². The lowest BCUT2D eigenvalue weighted by atomic mass is 10.1. The molecule has 0 atom stereocenters. The maximum atomic E-state index is 12.3. The van der Waals surface area contributed by atoms with Gasteiger partial charge in [-0.05, 0) is 30.3 Å².